The smallest absolute Gasteiger partial charge is 0.133 e. The molecule has 0 saturated heterocycles. The summed E-state index contributed by atoms with van der Waals surface area (Å²) in [5.74, 6) is 4.58. The topological polar surface area (TPSA) is 49.8 Å². The van der Waals surface area contributed by atoms with Crippen molar-refractivity contribution in [2.75, 3.05) is 35.7 Å². The van der Waals surface area contributed by atoms with Gasteiger partial charge in [-0.25, -0.2) is 9.97 Å². The zero-order valence-electron chi connectivity index (χ0n) is 12.5. The van der Waals surface area contributed by atoms with Gasteiger partial charge in [0.1, 0.15) is 17.5 Å². The van der Waals surface area contributed by atoms with Crippen LogP contribution < -0.4 is 10.6 Å². The van der Waals surface area contributed by atoms with Crippen LogP contribution in [-0.2, 0) is 6.42 Å². The van der Waals surface area contributed by atoms with Crippen molar-refractivity contribution in [3.05, 3.63) is 11.9 Å². The van der Waals surface area contributed by atoms with Gasteiger partial charge in [-0.05, 0) is 31.3 Å². The van der Waals surface area contributed by atoms with Gasteiger partial charge in [-0.15, -0.1) is 0 Å². The van der Waals surface area contributed by atoms with Crippen molar-refractivity contribution in [3.8, 4) is 0 Å². The number of rotatable bonds is 9. The van der Waals surface area contributed by atoms with Gasteiger partial charge in [0.2, 0.25) is 0 Å². The fourth-order valence-corrected chi connectivity index (χ4v) is 2.50. The third-order valence-electron chi connectivity index (χ3n) is 2.69. The second kappa shape index (κ2) is 9.02. The molecule has 2 N–H and O–H groups in total. The van der Waals surface area contributed by atoms with E-state index in [4.69, 9.17) is 0 Å². The molecule has 1 aromatic rings. The molecule has 1 unspecified atom stereocenters. The molecule has 0 saturated carbocycles. The van der Waals surface area contributed by atoms with Crippen molar-refractivity contribution >= 4 is 23.4 Å². The summed E-state index contributed by atoms with van der Waals surface area (Å²) in [6.45, 7) is 8.31. The molecule has 1 rings (SSSR count). The minimum atomic E-state index is 0.641. The van der Waals surface area contributed by atoms with Crippen LogP contribution in [0.4, 0.5) is 11.6 Å². The normalized spacial score (nSPS) is 12.2. The van der Waals surface area contributed by atoms with Crippen LogP contribution in [-0.4, -0.2) is 35.1 Å². The molecule has 0 aromatic carbocycles. The molecule has 4 nitrogen and oxygen atoms in total. The monoisotopic (exact) mass is 282 g/mol. The van der Waals surface area contributed by atoms with E-state index in [1.54, 1.807) is 0 Å². The fourth-order valence-electron chi connectivity index (χ4n) is 1.82. The predicted octanol–water partition coefficient (Wildman–Crippen LogP) is 3.27. The third kappa shape index (κ3) is 6.14. The second-order valence-electron chi connectivity index (χ2n) is 4.78. The van der Waals surface area contributed by atoms with Crippen molar-refractivity contribution < 1.29 is 0 Å². The number of nitrogens with one attached hydrogen (secondary N) is 2. The molecule has 0 aliphatic carbocycles. The summed E-state index contributed by atoms with van der Waals surface area (Å²) in [5.41, 5.74) is 0. The van der Waals surface area contributed by atoms with Crippen LogP contribution >= 0.6 is 11.8 Å². The average Bonchev–Trinajstić information content (AvgIpc) is 2.37. The molecule has 19 heavy (non-hydrogen) atoms. The van der Waals surface area contributed by atoms with E-state index in [9.17, 15) is 0 Å². The maximum atomic E-state index is 4.57. The van der Waals surface area contributed by atoms with Crippen LogP contribution in [0.1, 0.15) is 33.0 Å². The molecule has 108 valence electrons. The highest BCUT2D eigenvalue weighted by Crippen LogP contribution is 2.13. The lowest BCUT2D eigenvalue weighted by molar-refractivity contribution is 0.698. The number of hydrogen-bond acceptors (Lipinski definition) is 5. The van der Waals surface area contributed by atoms with Crippen LogP contribution in [0.2, 0.25) is 0 Å². The molecule has 1 aromatic heterocycles. The van der Waals surface area contributed by atoms with Crippen LogP contribution in [0.25, 0.3) is 0 Å². The van der Waals surface area contributed by atoms with E-state index in [2.05, 4.69) is 47.6 Å². The Morgan fingerprint density at radius 2 is 1.89 bits per heavy atom. The number of aryl methyl sites for hydroxylation is 1. The van der Waals surface area contributed by atoms with Gasteiger partial charge in [0.25, 0.3) is 0 Å². The summed E-state index contributed by atoms with van der Waals surface area (Å²) in [6, 6.07) is 1.99. The van der Waals surface area contributed by atoms with Crippen molar-refractivity contribution in [1.82, 2.24) is 9.97 Å². The number of nitrogens with zero attached hydrogens (tertiary/aromatic N) is 2. The molecular weight excluding hydrogens is 256 g/mol. The summed E-state index contributed by atoms with van der Waals surface area (Å²) in [4.78, 5) is 9.08. The summed E-state index contributed by atoms with van der Waals surface area (Å²) < 4.78 is 0. The summed E-state index contributed by atoms with van der Waals surface area (Å²) in [6.07, 6.45) is 4.13. The van der Waals surface area contributed by atoms with Gasteiger partial charge in [0, 0.05) is 25.6 Å². The number of anilines is 2. The molecule has 0 fully saturated rings. The van der Waals surface area contributed by atoms with Gasteiger partial charge in [-0.3, -0.25) is 0 Å². The predicted molar refractivity (Wildman–Crippen MR) is 86.2 cm³/mol. The Kier molecular flexibility index (Phi) is 7.63. The molecule has 0 radical (unpaired) electrons. The molecule has 0 spiro atoms. The first-order valence-electron chi connectivity index (χ1n) is 7.04. The Hall–Kier alpha value is -0.970. The van der Waals surface area contributed by atoms with Crippen molar-refractivity contribution in [2.45, 2.75) is 33.6 Å². The third-order valence-corrected chi connectivity index (χ3v) is 3.59. The Balaban J connectivity index is 2.69. The van der Waals surface area contributed by atoms with Crippen LogP contribution in [0, 0.1) is 5.92 Å². The van der Waals surface area contributed by atoms with Crippen LogP contribution in [0.3, 0.4) is 0 Å². The minimum Gasteiger partial charge on any atom is -0.370 e. The summed E-state index contributed by atoms with van der Waals surface area (Å²) in [7, 11) is 0. The molecule has 0 aliphatic rings. The molecule has 0 amide bonds. The Bertz CT molecular complexity index is 346. The Labute approximate surface area is 121 Å². The van der Waals surface area contributed by atoms with Gasteiger partial charge in [0.15, 0.2) is 0 Å². The molecule has 0 aliphatic heterocycles. The highest BCUT2D eigenvalue weighted by Gasteiger charge is 2.06. The fraction of sp³-hybridized carbons (Fsp3) is 0.714. The zero-order chi connectivity index (χ0) is 14.1. The molecule has 5 heteroatoms. The summed E-state index contributed by atoms with van der Waals surface area (Å²) in [5, 5.41) is 6.69. The Morgan fingerprint density at radius 3 is 2.47 bits per heavy atom. The van der Waals surface area contributed by atoms with E-state index in [0.717, 1.165) is 43.4 Å². The lowest BCUT2D eigenvalue weighted by Crippen LogP contribution is -2.15. The Morgan fingerprint density at radius 1 is 1.21 bits per heavy atom. The van der Waals surface area contributed by atoms with E-state index in [-0.39, 0.29) is 0 Å². The van der Waals surface area contributed by atoms with Crippen molar-refractivity contribution in [1.29, 1.82) is 0 Å². The molecule has 1 heterocycles. The van der Waals surface area contributed by atoms with E-state index in [0.29, 0.717) is 5.92 Å². The van der Waals surface area contributed by atoms with Gasteiger partial charge in [0.05, 0.1) is 0 Å². The van der Waals surface area contributed by atoms with Crippen molar-refractivity contribution in [2.24, 2.45) is 5.92 Å². The van der Waals surface area contributed by atoms with Crippen molar-refractivity contribution in [3.63, 3.8) is 0 Å². The van der Waals surface area contributed by atoms with E-state index in [1.807, 2.05) is 17.8 Å². The highest BCUT2D eigenvalue weighted by atomic mass is 32.2. The first-order chi connectivity index (χ1) is 9.19. The zero-order valence-corrected chi connectivity index (χ0v) is 13.3. The quantitative estimate of drug-likeness (QED) is 0.728. The van der Waals surface area contributed by atoms with Gasteiger partial charge < -0.3 is 10.6 Å². The lowest BCUT2D eigenvalue weighted by Gasteiger charge is -2.13. The maximum Gasteiger partial charge on any atom is 0.133 e. The lowest BCUT2D eigenvalue weighted by atomic mass is 10.2. The first kappa shape index (κ1) is 16.1. The number of thioether (sulfide) groups is 1. The van der Waals surface area contributed by atoms with Crippen LogP contribution in [0.5, 0.6) is 0 Å². The van der Waals surface area contributed by atoms with Gasteiger partial charge in [-0.1, -0.05) is 13.8 Å². The molecule has 0 bridgehead atoms. The maximum absolute atomic E-state index is 4.57. The second-order valence-corrected chi connectivity index (χ2v) is 5.69. The summed E-state index contributed by atoms with van der Waals surface area (Å²) >= 11 is 1.88. The largest absolute Gasteiger partial charge is 0.370 e. The molecule has 1 atom stereocenters. The number of hydrogen-bond donors (Lipinski definition) is 2. The van der Waals surface area contributed by atoms with Gasteiger partial charge in [-0.2, -0.15) is 11.8 Å². The number of aromatic nitrogens is 2. The highest BCUT2D eigenvalue weighted by molar-refractivity contribution is 7.98. The molecular formula is C14H26N4S. The van der Waals surface area contributed by atoms with Crippen LogP contribution in [0.15, 0.2) is 6.07 Å². The van der Waals surface area contributed by atoms with E-state index in [1.165, 1.54) is 5.75 Å². The minimum absolute atomic E-state index is 0.641. The van der Waals surface area contributed by atoms with E-state index < -0.39 is 0 Å². The first-order valence-corrected chi connectivity index (χ1v) is 8.43. The van der Waals surface area contributed by atoms with E-state index >= 15 is 0 Å². The van der Waals surface area contributed by atoms with Gasteiger partial charge >= 0.3 is 0 Å². The average molecular weight is 282 g/mol. The SMILES string of the molecule is CCCc1nc(NCC)cc(NCC(C)CSC)n1. The standard InChI is InChI=1S/C14H26N4S/c1-5-7-12-17-13(15-6-2)8-14(18-12)16-9-11(3)10-19-4/h8,11H,5-7,9-10H2,1-4H3,(H2,15,16,17,18).